The lowest BCUT2D eigenvalue weighted by Crippen LogP contribution is -2.14. The maximum absolute atomic E-state index is 13.5. The number of benzene rings is 1. The summed E-state index contributed by atoms with van der Waals surface area (Å²) in [6.45, 7) is 0.738. The molecule has 0 radical (unpaired) electrons. The second kappa shape index (κ2) is 5.18. The van der Waals surface area contributed by atoms with Gasteiger partial charge in [0.05, 0.1) is 18.2 Å². The molecule has 17 heavy (non-hydrogen) atoms. The summed E-state index contributed by atoms with van der Waals surface area (Å²) in [6.07, 6.45) is 1.24. The summed E-state index contributed by atoms with van der Waals surface area (Å²) in [7, 11) is 0. The van der Waals surface area contributed by atoms with Gasteiger partial charge >= 0.3 is 0 Å². The SMILES string of the molecule is N#Cc1ccc(CNCc2ncon2)c(F)c1. The molecule has 0 aliphatic heterocycles. The highest BCUT2D eigenvalue weighted by Crippen LogP contribution is 2.09. The highest BCUT2D eigenvalue weighted by atomic mass is 19.1. The molecule has 2 aromatic rings. The van der Waals surface area contributed by atoms with Crippen LogP contribution in [0.2, 0.25) is 0 Å². The van der Waals surface area contributed by atoms with Crippen molar-refractivity contribution in [1.82, 2.24) is 15.5 Å². The van der Waals surface area contributed by atoms with E-state index in [1.54, 1.807) is 12.1 Å². The maximum atomic E-state index is 13.5. The fraction of sp³-hybridized carbons (Fsp3) is 0.182. The third-order valence-corrected chi connectivity index (χ3v) is 2.19. The predicted octanol–water partition coefficient (Wildman–Crippen LogP) is 1.37. The highest BCUT2D eigenvalue weighted by Gasteiger charge is 2.04. The predicted molar refractivity (Wildman–Crippen MR) is 56.0 cm³/mol. The van der Waals surface area contributed by atoms with E-state index in [0.717, 1.165) is 0 Å². The number of halogens is 1. The molecule has 5 nitrogen and oxygen atoms in total. The van der Waals surface area contributed by atoms with Crippen LogP contribution >= 0.6 is 0 Å². The zero-order valence-corrected chi connectivity index (χ0v) is 8.85. The third kappa shape index (κ3) is 2.86. The Morgan fingerprint density at radius 3 is 2.94 bits per heavy atom. The van der Waals surface area contributed by atoms with Crippen molar-refractivity contribution in [2.24, 2.45) is 0 Å². The van der Waals surface area contributed by atoms with Gasteiger partial charge in [-0.05, 0) is 12.1 Å². The van der Waals surface area contributed by atoms with Crippen LogP contribution in [0.5, 0.6) is 0 Å². The van der Waals surface area contributed by atoms with E-state index < -0.39 is 5.82 Å². The van der Waals surface area contributed by atoms with Crippen molar-refractivity contribution in [3.05, 3.63) is 47.4 Å². The van der Waals surface area contributed by atoms with Gasteiger partial charge in [0.2, 0.25) is 6.39 Å². The number of hydrogen-bond donors (Lipinski definition) is 1. The minimum absolute atomic E-state index is 0.310. The van der Waals surface area contributed by atoms with Gasteiger partial charge in [0.25, 0.3) is 0 Å². The molecule has 0 saturated heterocycles. The van der Waals surface area contributed by atoms with Crippen molar-refractivity contribution in [3.63, 3.8) is 0 Å². The lowest BCUT2D eigenvalue weighted by molar-refractivity contribution is 0.407. The van der Waals surface area contributed by atoms with E-state index in [1.165, 1.54) is 12.5 Å². The smallest absolute Gasteiger partial charge is 0.213 e. The Hall–Kier alpha value is -2.26. The molecule has 1 aromatic heterocycles. The van der Waals surface area contributed by atoms with Crippen molar-refractivity contribution < 1.29 is 8.91 Å². The van der Waals surface area contributed by atoms with Crippen LogP contribution < -0.4 is 5.32 Å². The number of nitrogens with one attached hydrogen (secondary N) is 1. The molecule has 86 valence electrons. The Labute approximate surface area is 96.9 Å². The summed E-state index contributed by atoms with van der Waals surface area (Å²) in [6, 6.07) is 6.25. The van der Waals surface area contributed by atoms with Crippen LogP contribution in [-0.4, -0.2) is 10.1 Å². The van der Waals surface area contributed by atoms with E-state index in [4.69, 9.17) is 5.26 Å². The second-order valence-corrected chi connectivity index (χ2v) is 3.37. The van der Waals surface area contributed by atoms with Gasteiger partial charge in [0.1, 0.15) is 5.82 Å². The molecule has 0 amide bonds. The Bertz CT molecular complexity index is 533. The van der Waals surface area contributed by atoms with Crippen LogP contribution in [0.15, 0.2) is 29.1 Å². The van der Waals surface area contributed by atoms with Gasteiger partial charge in [-0.1, -0.05) is 11.2 Å². The summed E-state index contributed by atoms with van der Waals surface area (Å²) in [4.78, 5) is 3.82. The fourth-order valence-electron chi connectivity index (χ4n) is 1.34. The minimum atomic E-state index is -0.398. The van der Waals surface area contributed by atoms with Gasteiger partial charge in [-0.2, -0.15) is 10.2 Å². The van der Waals surface area contributed by atoms with E-state index in [0.29, 0.717) is 30.0 Å². The van der Waals surface area contributed by atoms with Crippen molar-refractivity contribution in [3.8, 4) is 6.07 Å². The van der Waals surface area contributed by atoms with Gasteiger partial charge in [-0.25, -0.2) is 4.39 Å². The molecular formula is C11H9FN4O. The summed E-state index contributed by atoms with van der Waals surface area (Å²) < 4.78 is 18.0. The number of rotatable bonds is 4. The number of aromatic nitrogens is 2. The molecule has 1 aromatic carbocycles. The van der Waals surface area contributed by atoms with Gasteiger partial charge in [0.15, 0.2) is 5.82 Å². The van der Waals surface area contributed by atoms with Crippen LogP contribution in [-0.2, 0) is 13.1 Å². The van der Waals surface area contributed by atoms with Crippen molar-refractivity contribution in [2.45, 2.75) is 13.1 Å². The summed E-state index contributed by atoms with van der Waals surface area (Å²) in [5.41, 5.74) is 0.803. The molecule has 2 rings (SSSR count). The van der Waals surface area contributed by atoms with Crippen molar-refractivity contribution in [2.75, 3.05) is 0 Å². The van der Waals surface area contributed by atoms with Gasteiger partial charge in [0, 0.05) is 12.1 Å². The first-order valence-corrected chi connectivity index (χ1v) is 4.94. The number of nitrogens with zero attached hydrogens (tertiary/aromatic N) is 3. The Morgan fingerprint density at radius 2 is 2.29 bits per heavy atom. The van der Waals surface area contributed by atoms with Crippen LogP contribution in [0.3, 0.4) is 0 Å². The standard InChI is InChI=1S/C11H9FN4O/c12-10-3-8(4-13)1-2-9(10)5-14-6-11-15-7-17-16-11/h1-3,7,14H,5-6H2. The normalized spacial score (nSPS) is 10.1. The van der Waals surface area contributed by atoms with E-state index in [2.05, 4.69) is 20.0 Å². The van der Waals surface area contributed by atoms with E-state index >= 15 is 0 Å². The molecule has 0 aliphatic carbocycles. The largest absolute Gasteiger partial charge is 0.343 e. The van der Waals surface area contributed by atoms with Gasteiger partial charge < -0.3 is 9.84 Å². The second-order valence-electron chi connectivity index (χ2n) is 3.37. The molecule has 1 heterocycles. The minimum Gasteiger partial charge on any atom is -0.343 e. The molecule has 0 saturated carbocycles. The van der Waals surface area contributed by atoms with Crippen LogP contribution in [0.4, 0.5) is 4.39 Å². The molecule has 0 aliphatic rings. The maximum Gasteiger partial charge on any atom is 0.213 e. The molecule has 6 heteroatoms. The lowest BCUT2D eigenvalue weighted by atomic mass is 10.1. The zero-order chi connectivity index (χ0) is 12.1. The summed E-state index contributed by atoms with van der Waals surface area (Å²) in [5, 5.41) is 15.2. The number of nitriles is 1. The summed E-state index contributed by atoms with van der Waals surface area (Å²) in [5.74, 6) is 0.115. The van der Waals surface area contributed by atoms with Gasteiger partial charge in [-0.3, -0.25) is 0 Å². The lowest BCUT2D eigenvalue weighted by Gasteiger charge is -2.03. The third-order valence-electron chi connectivity index (χ3n) is 2.19. The Morgan fingerprint density at radius 1 is 1.41 bits per heavy atom. The highest BCUT2D eigenvalue weighted by molar-refractivity contribution is 5.32. The Balaban J connectivity index is 1.93. The van der Waals surface area contributed by atoms with E-state index in [9.17, 15) is 4.39 Å². The number of hydrogen-bond acceptors (Lipinski definition) is 5. The molecule has 0 spiro atoms. The monoisotopic (exact) mass is 232 g/mol. The van der Waals surface area contributed by atoms with Crippen LogP contribution in [0.1, 0.15) is 17.0 Å². The average Bonchev–Trinajstić information content (AvgIpc) is 2.84. The summed E-state index contributed by atoms with van der Waals surface area (Å²) >= 11 is 0. The van der Waals surface area contributed by atoms with Crippen molar-refractivity contribution >= 4 is 0 Å². The molecule has 0 atom stereocenters. The first-order chi connectivity index (χ1) is 8.29. The van der Waals surface area contributed by atoms with E-state index in [1.807, 2.05) is 6.07 Å². The average molecular weight is 232 g/mol. The zero-order valence-electron chi connectivity index (χ0n) is 8.85. The van der Waals surface area contributed by atoms with Crippen LogP contribution in [0.25, 0.3) is 0 Å². The quantitative estimate of drug-likeness (QED) is 0.861. The Kier molecular flexibility index (Phi) is 3.43. The van der Waals surface area contributed by atoms with E-state index in [-0.39, 0.29) is 0 Å². The molecule has 1 N–H and O–H groups in total. The molecule has 0 fully saturated rings. The first-order valence-electron chi connectivity index (χ1n) is 4.94. The fourth-order valence-corrected chi connectivity index (χ4v) is 1.34. The van der Waals surface area contributed by atoms with Crippen LogP contribution in [0, 0.1) is 17.1 Å². The molecule has 0 unspecified atom stereocenters. The molecular weight excluding hydrogens is 223 g/mol. The van der Waals surface area contributed by atoms with Gasteiger partial charge in [-0.15, -0.1) is 0 Å². The first kappa shape index (κ1) is 11.2. The molecule has 0 bridgehead atoms. The topological polar surface area (TPSA) is 74.7 Å². The van der Waals surface area contributed by atoms with Crippen molar-refractivity contribution in [1.29, 1.82) is 5.26 Å².